The number of unbranched alkanes of at least 4 members (excludes halogenated alkanes) is 29. The molecular formula is C46H87NO3. The Morgan fingerprint density at radius 1 is 0.480 bits per heavy atom. The van der Waals surface area contributed by atoms with Crippen molar-refractivity contribution in [1.29, 1.82) is 0 Å². The van der Waals surface area contributed by atoms with E-state index in [-0.39, 0.29) is 12.5 Å². The van der Waals surface area contributed by atoms with Gasteiger partial charge in [-0.3, -0.25) is 4.79 Å². The number of rotatable bonds is 40. The van der Waals surface area contributed by atoms with E-state index in [1.807, 2.05) is 6.08 Å². The van der Waals surface area contributed by atoms with Crippen LogP contribution in [0.1, 0.15) is 232 Å². The SMILES string of the molecule is CCCCCCC/C=C\C/C=C\CCCCCCCCCCCCCCCCCCCC(=O)NC(CO)C(O)/C=C/CCCCCCCCC. The number of carbonyl (C=O) groups is 1. The minimum absolute atomic E-state index is 0.0653. The quantitative estimate of drug-likeness (QED) is 0.0440. The minimum atomic E-state index is -0.834. The van der Waals surface area contributed by atoms with Gasteiger partial charge in [0.25, 0.3) is 0 Å². The van der Waals surface area contributed by atoms with Gasteiger partial charge in [0.1, 0.15) is 0 Å². The van der Waals surface area contributed by atoms with Gasteiger partial charge in [0, 0.05) is 6.42 Å². The zero-order valence-corrected chi connectivity index (χ0v) is 33.7. The largest absolute Gasteiger partial charge is 0.394 e. The highest BCUT2D eigenvalue weighted by Crippen LogP contribution is 2.15. The van der Waals surface area contributed by atoms with Gasteiger partial charge in [0.15, 0.2) is 0 Å². The summed E-state index contributed by atoms with van der Waals surface area (Å²) in [4.78, 5) is 12.3. The zero-order chi connectivity index (χ0) is 36.4. The molecule has 0 heterocycles. The Labute approximate surface area is 312 Å². The summed E-state index contributed by atoms with van der Waals surface area (Å²) in [6.07, 6.45) is 55.6. The van der Waals surface area contributed by atoms with Crippen molar-refractivity contribution in [1.82, 2.24) is 5.32 Å². The standard InChI is InChI=1S/C46H87NO3/c1-3-5-7-9-11-13-14-15-16-17-18-19-20-21-22-23-24-25-26-27-28-29-30-31-32-34-36-38-40-42-46(50)47-44(43-48)45(49)41-39-37-35-33-12-10-8-6-4-2/h14-15,17-18,39,41,44-45,48-49H,3-13,16,19-38,40,42-43H2,1-2H3,(H,47,50)/b15-14-,18-17-,41-39+. The third kappa shape index (κ3) is 37.9. The summed E-state index contributed by atoms with van der Waals surface area (Å²) >= 11 is 0. The van der Waals surface area contributed by atoms with Crippen molar-refractivity contribution in [3.8, 4) is 0 Å². The molecule has 0 saturated carbocycles. The maximum absolute atomic E-state index is 12.3. The fraction of sp³-hybridized carbons (Fsp3) is 0.848. The Morgan fingerprint density at radius 3 is 1.20 bits per heavy atom. The molecule has 0 bridgehead atoms. The van der Waals surface area contributed by atoms with Gasteiger partial charge >= 0.3 is 0 Å². The van der Waals surface area contributed by atoms with Gasteiger partial charge < -0.3 is 15.5 Å². The highest BCUT2D eigenvalue weighted by atomic mass is 16.3. The lowest BCUT2D eigenvalue weighted by Gasteiger charge is -2.20. The fourth-order valence-corrected chi connectivity index (χ4v) is 6.68. The minimum Gasteiger partial charge on any atom is -0.394 e. The maximum Gasteiger partial charge on any atom is 0.220 e. The van der Waals surface area contributed by atoms with Gasteiger partial charge in [-0.05, 0) is 51.4 Å². The van der Waals surface area contributed by atoms with Crippen LogP contribution in [0.25, 0.3) is 0 Å². The number of hydrogen-bond donors (Lipinski definition) is 3. The molecule has 0 aromatic carbocycles. The van der Waals surface area contributed by atoms with Gasteiger partial charge in [0.2, 0.25) is 5.91 Å². The van der Waals surface area contributed by atoms with E-state index in [0.29, 0.717) is 6.42 Å². The summed E-state index contributed by atoms with van der Waals surface area (Å²) in [5, 5.41) is 22.9. The van der Waals surface area contributed by atoms with Gasteiger partial charge in [-0.25, -0.2) is 0 Å². The molecular weight excluding hydrogens is 615 g/mol. The van der Waals surface area contributed by atoms with E-state index in [9.17, 15) is 15.0 Å². The van der Waals surface area contributed by atoms with Crippen LogP contribution in [0, 0.1) is 0 Å². The van der Waals surface area contributed by atoms with Gasteiger partial charge in [-0.15, -0.1) is 0 Å². The van der Waals surface area contributed by atoms with Crippen LogP contribution in [0.4, 0.5) is 0 Å². The van der Waals surface area contributed by atoms with Crippen molar-refractivity contribution in [2.45, 2.75) is 244 Å². The third-order valence-corrected chi connectivity index (χ3v) is 10.1. The van der Waals surface area contributed by atoms with Crippen LogP contribution >= 0.6 is 0 Å². The molecule has 3 N–H and O–H groups in total. The van der Waals surface area contributed by atoms with E-state index in [0.717, 1.165) is 32.1 Å². The lowest BCUT2D eigenvalue weighted by Crippen LogP contribution is -2.45. The molecule has 50 heavy (non-hydrogen) atoms. The summed E-state index contributed by atoms with van der Waals surface area (Å²) in [6, 6.07) is -0.618. The highest BCUT2D eigenvalue weighted by molar-refractivity contribution is 5.76. The van der Waals surface area contributed by atoms with Crippen LogP contribution in [0.15, 0.2) is 36.5 Å². The first kappa shape index (κ1) is 48.6. The molecule has 0 aromatic rings. The number of nitrogens with one attached hydrogen (secondary N) is 1. The second-order valence-corrected chi connectivity index (χ2v) is 15.1. The van der Waals surface area contributed by atoms with Crippen molar-refractivity contribution < 1.29 is 15.0 Å². The molecule has 0 saturated heterocycles. The Kier molecular flexibility index (Phi) is 40.9. The number of amides is 1. The van der Waals surface area contributed by atoms with Crippen LogP contribution < -0.4 is 5.32 Å². The highest BCUT2D eigenvalue weighted by Gasteiger charge is 2.17. The smallest absolute Gasteiger partial charge is 0.220 e. The van der Waals surface area contributed by atoms with E-state index in [2.05, 4.69) is 43.5 Å². The van der Waals surface area contributed by atoms with Gasteiger partial charge in [0.05, 0.1) is 18.8 Å². The van der Waals surface area contributed by atoms with Crippen LogP contribution in [0.5, 0.6) is 0 Å². The second kappa shape index (κ2) is 42.0. The predicted molar refractivity (Wildman–Crippen MR) is 221 cm³/mol. The molecule has 0 aliphatic rings. The van der Waals surface area contributed by atoms with E-state index in [4.69, 9.17) is 0 Å². The summed E-state index contributed by atoms with van der Waals surface area (Å²) in [6.45, 7) is 4.27. The predicted octanol–water partition coefficient (Wildman–Crippen LogP) is 13.8. The number of aliphatic hydroxyl groups is 2. The molecule has 0 spiro atoms. The molecule has 0 aromatic heterocycles. The van der Waals surface area contributed by atoms with E-state index in [1.54, 1.807) is 6.08 Å². The topological polar surface area (TPSA) is 69.6 Å². The van der Waals surface area contributed by atoms with E-state index < -0.39 is 12.1 Å². The molecule has 2 unspecified atom stereocenters. The van der Waals surface area contributed by atoms with Crippen LogP contribution in [0.3, 0.4) is 0 Å². The second-order valence-electron chi connectivity index (χ2n) is 15.1. The molecule has 0 aliphatic carbocycles. The first-order valence-corrected chi connectivity index (χ1v) is 22.2. The monoisotopic (exact) mass is 702 g/mol. The van der Waals surface area contributed by atoms with Crippen LogP contribution in [-0.4, -0.2) is 34.9 Å². The summed E-state index contributed by atoms with van der Waals surface area (Å²) in [7, 11) is 0. The third-order valence-electron chi connectivity index (χ3n) is 10.1. The average molecular weight is 702 g/mol. The van der Waals surface area contributed by atoms with Crippen molar-refractivity contribution in [3.05, 3.63) is 36.5 Å². The Hall–Kier alpha value is -1.39. The molecule has 4 nitrogen and oxygen atoms in total. The molecule has 2 atom stereocenters. The first-order chi connectivity index (χ1) is 24.7. The van der Waals surface area contributed by atoms with Crippen LogP contribution in [0.2, 0.25) is 0 Å². The lowest BCUT2D eigenvalue weighted by molar-refractivity contribution is -0.123. The van der Waals surface area contributed by atoms with Gasteiger partial charge in [-0.2, -0.15) is 0 Å². The molecule has 0 rings (SSSR count). The molecule has 0 radical (unpaired) electrons. The van der Waals surface area contributed by atoms with E-state index in [1.165, 1.54) is 180 Å². The average Bonchev–Trinajstić information content (AvgIpc) is 3.12. The van der Waals surface area contributed by atoms with Crippen molar-refractivity contribution >= 4 is 5.91 Å². The zero-order valence-electron chi connectivity index (χ0n) is 33.7. The van der Waals surface area contributed by atoms with Crippen LogP contribution in [-0.2, 0) is 4.79 Å². The summed E-state index contributed by atoms with van der Waals surface area (Å²) < 4.78 is 0. The molecule has 0 aliphatic heterocycles. The van der Waals surface area contributed by atoms with Crippen molar-refractivity contribution in [2.75, 3.05) is 6.61 Å². The molecule has 4 heteroatoms. The summed E-state index contributed by atoms with van der Waals surface area (Å²) in [5.74, 6) is -0.0653. The fourth-order valence-electron chi connectivity index (χ4n) is 6.68. The Balaban J connectivity index is 3.44. The number of carbonyl (C=O) groups excluding carboxylic acids is 1. The van der Waals surface area contributed by atoms with Crippen molar-refractivity contribution in [3.63, 3.8) is 0 Å². The molecule has 0 fully saturated rings. The molecule has 294 valence electrons. The van der Waals surface area contributed by atoms with E-state index >= 15 is 0 Å². The Morgan fingerprint density at radius 2 is 0.820 bits per heavy atom. The number of allylic oxidation sites excluding steroid dienone is 5. The number of hydrogen-bond acceptors (Lipinski definition) is 3. The van der Waals surface area contributed by atoms with Gasteiger partial charge in [-0.1, -0.05) is 211 Å². The maximum atomic E-state index is 12.3. The number of aliphatic hydroxyl groups excluding tert-OH is 2. The normalized spacial score (nSPS) is 13.3. The molecule has 1 amide bonds. The first-order valence-electron chi connectivity index (χ1n) is 22.2. The van der Waals surface area contributed by atoms with Crippen molar-refractivity contribution in [2.24, 2.45) is 0 Å². The summed E-state index contributed by atoms with van der Waals surface area (Å²) in [5.41, 5.74) is 0. The Bertz CT molecular complexity index is 760. The lowest BCUT2D eigenvalue weighted by atomic mass is 10.0.